The zero-order chi connectivity index (χ0) is 2.00. The molecule has 0 heterocycles. The molecule has 0 atom stereocenters. The molecule has 7 nitrogen and oxygen atoms in total. The van der Waals surface area contributed by atoms with Crippen LogP contribution in [0.5, 0.6) is 0 Å². The predicted octanol–water partition coefficient (Wildman–Crippen LogP) is -11.7. The molecule has 0 unspecified atom stereocenters. The van der Waals surface area contributed by atoms with Crippen molar-refractivity contribution in [3.8, 4) is 0 Å². The van der Waals surface area contributed by atoms with Crippen LogP contribution in [0.25, 0.3) is 0 Å². The van der Waals surface area contributed by atoms with Gasteiger partial charge in [0.1, 0.15) is 0 Å². The van der Waals surface area contributed by atoms with E-state index in [-0.39, 0.29) is 103 Å². The molecule has 13 N–H and O–H groups in total. The molecule has 0 amide bonds. The molecular weight excluding hydrogens is 283 g/mol. The van der Waals surface area contributed by atoms with Gasteiger partial charge in [0.05, 0.1) is 0 Å². The van der Waals surface area contributed by atoms with Gasteiger partial charge in [0.25, 0.3) is 0 Å². The van der Waals surface area contributed by atoms with Crippen molar-refractivity contribution in [3.05, 3.63) is 0 Å². The second-order valence-corrected chi connectivity index (χ2v) is 0. The van der Waals surface area contributed by atoms with Crippen LogP contribution < -0.4 is 24.8 Å². The van der Waals surface area contributed by atoms with E-state index in [1.807, 2.05) is 0 Å². The van der Waals surface area contributed by atoms with Gasteiger partial charge in [-0.25, -0.2) is 0 Å². The Morgan fingerprint density at radius 1 is 0.545 bits per heavy atom. The van der Waals surface area contributed by atoms with Gasteiger partial charge in [-0.15, -0.1) is 0 Å². The minimum atomic E-state index is 0. The summed E-state index contributed by atoms with van der Waals surface area (Å²) in [5, 5.41) is 7.00. The third-order valence-corrected chi connectivity index (χ3v) is 0. The van der Waals surface area contributed by atoms with Gasteiger partial charge < -0.3 is 62.8 Å². The molecule has 0 aromatic carbocycles. The van der Waals surface area contributed by atoms with Crippen molar-refractivity contribution in [2.45, 2.75) is 0 Å². The largest absolute Gasteiger partial charge is 2.00 e. The van der Waals surface area contributed by atoms with Crippen LogP contribution in [0.3, 0.4) is 0 Å². The Hall–Kier alpha value is 1.78. The first-order chi connectivity index (χ1) is 1.00. The molecule has 0 bridgehead atoms. The zero-order valence-electron chi connectivity index (χ0n) is 5.91. The smallest absolute Gasteiger partial charge is 1.00 e. The van der Waals surface area contributed by atoms with E-state index >= 15 is 0 Å². The van der Waals surface area contributed by atoms with E-state index in [4.69, 9.17) is 5.11 Å². The van der Waals surface area contributed by atoms with Crippen molar-refractivity contribution in [2.24, 2.45) is 0 Å². The van der Waals surface area contributed by atoms with Crippen molar-refractivity contribution in [3.63, 3.8) is 0 Å². The van der Waals surface area contributed by atoms with Gasteiger partial charge in [-0.2, -0.15) is 0 Å². The average molecular weight is 299 g/mol. The third-order valence-electron chi connectivity index (χ3n) is 0. The van der Waals surface area contributed by atoms with Crippen LogP contribution in [-0.2, 0) is 0 Å². The topological polar surface area (TPSA) is 209 Å². The molecule has 0 aliphatic rings. The van der Waals surface area contributed by atoms with Crippen LogP contribution in [0, 0.1) is 0 Å². The van der Waals surface area contributed by atoms with Gasteiger partial charge in [0, 0.05) is 7.11 Å². The SMILES string of the molecule is CO.O.O.O.O.O.O.[Cl-].[Cl-].[Sr+2]. The Kier molecular flexibility index (Phi) is 9010. The van der Waals surface area contributed by atoms with Gasteiger partial charge >= 0.3 is 45.5 Å². The van der Waals surface area contributed by atoms with Crippen LogP contribution in [0.15, 0.2) is 0 Å². The van der Waals surface area contributed by atoms with E-state index in [1.54, 1.807) is 0 Å². The standard InChI is InChI=1S/CH4O.2ClH.6H2O.Sr/c1-2;;;;;;;;;/h2H,1H3;2*1H;6*1H2;/q;;;;;;;;;+2/p-2. The second kappa shape index (κ2) is 432. The molecule has 0 aliphatic carbocycles. The van der Waals surface area contributed by atoms with Crippen molar-refractivity contribution >= 4 is 45.5 Å². The van der Waals surface area contributed by atoms with Gasteiger partial charge in [0.2, 0.25) is 0 Å². The summed E-state index contributed by atoms with van der Waals surface area (Å²) in [5.74, 6) is 0. The summed E-state index contributed by atoms with van der Waals surface area (Å²) in [7, 11) is 1.00. The minimum Gasteiger partial charge on any atom is -1.00 e. The number of aliphatic hydroxyl groups excluding tert-OH is 1. The average Bonchev–Trinajstić information content (AvgIpc) is 1.00. The number of hydrogen-bond donors (Lipinski definition) is 1. The Balaban J connectivity index is -0.000000000139. The fourth-order valence-corrected chi connectivity index (χ4v) is 0. The van der Waals surface area contributed by atoms with E-state index in [1.165, 1.54) is 0 Å². The third kappa shape index (κ3) is 355. The Bertz CT molecular complexity index is 16.4. The molecule has 78 valence electrons. The Labute approximate surface area is 114 Å². The minimum absolute atomic E-state index is 0. The molecule has 0 saturated heterocycles. The molecule has 0 saturated carbocycles. The quantitative estimate of drug-likeness (QED) is 0.424. The number of hydrogen-bond acceptors (Lipinski definition) is 1. The number of rotatable bonds is 0. The Morgan fingerprint density at radius 3 is 0.545 bits per heavy atom. The van der Waals surface area contributed by atoms with Crippen LogP contribution in [0.4, 0.5) is 0 Å². The van der Waals surface area contributed by atoms with Gasteiger partial charge in [-0.3, -0.25) is 0 Å². The summed E-state index contributed by atoms with van der Waals surface area (Å²) in [5.41, 5.74) is 0. The first-order valence-corrected chi connectivity index (χ1v) is 0.447. The van der Waals surface area contributed by atoms with E-state index < -0.39 is 0 Å². The molecule has 0 aliphatic heterocycles. The molecular formula is CH16Cl2O7Sr. The summed E-state index contributed by atoms with van der Waals surface area (Å²) in [6.45, 7) is 0. The fraction of sp³-hybridized carbons (Fsp3) is 1.00. The summed E-state index contributed by atoms with van der Waals surface area (Å²) in [6.07, 6.45) is 0. The maximum Gasteiger partial charge on any atom is 2.00 e. The monoisotopic (exact) mass is 298 g/mol. The predicted molar refractivity (Wildman–Crippen MR) is 35.6 cm³/mol. The molecule has 0 spiro atoms. The number of aliphatic hydroxyl groups is 1. The van der Waals surface area contributed by atoms with E-state index in [2.05, 4.69) is 0 Å². The van der Waals surface area contributed by atoms with Crippen molar-refractivity contribution in [1.29, 1.82) is 0 Å². The summed E-state index contributed by atoms with van der Waals surface area (Å²) in [6, 6.07) is 0. The van der Waals surface area contributed by atoms with Crippen molar-refractivity contribution < 1.29 is 62.8 Å². The maximum absolute atomic E-state index is 7.00. The van der Waals surface area contributed by atoms with Crippen molar-refractivity contribution in [2.75, 3.05) is 7.11 Å². The van der Waals surface area contributed by atoms with Gasteiger partial charge in [-0.05, 0) is 0 Å². The normalized spacial score (nSPS) is 0.545. The van der Waals surface area contributed by atoms with Crippen LogP contribution in [0.1, 0.15) is 0 Å². The molecule has 0 aromatic rings. The molecule has 0 radical (unpaired) electrons. The van der Waals surface area contributed by atoms with Crippen molar-refractivity contribution in [1.82, 2.24) is 0 Å². The number of halogens is 2. The molecule has 10 heteroatoms. The first-order valence-electron chi connectivity index (χ1n) is 0.447. The Morgan fingerprint density at radius 2 is 0.545 bits per heavy atom. The van der Waals surface area contributed by atoms with Crippen LogP contribution >= 0.6 is 0 Å². The van der Waals surface area contributed by atoms with Crippen LogP contribution in [-0.4, -0.2) is 90.6 Å². The molecule has 0 aromatic heterocycles. The van der Waals surface area contributed by atoms with Gasteiger partial charge in [-0.1, -0.05) is 0 Å². The van der Waals surface area contributed by atoms with Gasteiger partial charge in [0.15, 0.2) is 0 Å². The molecule has 11 heavy (non-hydrogen) atoms. The summed E-state index contributed by atoms with van der Waals surface area (Å²) >= 11 is 0. The summed E-state index contributed by atoms with van der Waals surface area (Å²) in [4.78, 5) is 0. The van der Waals surface area contributed by atoms with E-state index in [0.717, 1.165) is 7.11 Å². The fourth-order valence-electron chi connectivity index (χ4n) is 0. The first kappa shape index (κ1) is 229. The molecule has 0 rings (SSSR count). The van der Waals surface area contributed by atoms with E-state index in [0.29, 0.717) is 0 Å². The van der Waals surface area contributed by atoms with E-state index in [9.17, 15) is 0 Å². The zero-order valence-corrected chi connectivity index (χ0v) is 10.9. The van der Waals surface area contributed by atoms with Crippen LogP contribution in [0.2, 0.25) is 0 Å². The molecule has 0 fully saturated rings. The second-order valence-electron chi connectivity index (χ2n) is 0. The summed E-state index contributed by atoms with van der Waals surface area (Å²) < 4.78 is 0. The maximum atomic E-state index is 7.00.